The highest BCUT2D eigenvalue weighted by Crippen LogP contribution is 2.20. The van der Waals surface area contributed by atoms with Crippen LogP contribution in [0.4, 0.5) is 0 Å². The van der Waals surface area contributed by atoms with Crippen LogP contribution in [0.1, 0.15) is 37.0 Å². The van der Waals surface area contributed by atoms with E-state index in [4.69, 9.17) is 11.6 Å². The lowest BCUT2D eigenvalue weighted by Crippen LogP contribution is -2.40. The van der Waals surface area contributed by atoms with E-state index in [1.54, 1.807) is 12.1 Å². The molecule has 116 valence electrons. The van der Waals surface area contributed by atoms with Gasteiger partial charge in [-0.15, -0.1) is 0 Å². The zero-order chi connectivity index (χ0) is 15.2. The van der Waals surface area contributed by atoms with E-state index in [0.717, 1.165) is 24.8 Å². The van der Waals surface area contributed by atoms with Crippen LogP contribution in [0.15, 0.2) is 24.3 Å². The van der Waals surface area contributed by atoms with Crippen molar-refractivity contribution in [3.05, 3.63) is 34.9 Å². The van der Waals surface area contributed by atoms with E-state index in [9.17, 15) is 4.79 Å². The highest BCUT2D eigenvalue weighted by molar-refractivity contribution is 6.33. The monoisotopic (exact) mass is 308 g/mol. The molecule has 0 aromatic heterocycles. The third-order valence-electron chi connectivity index (χ3n) is 4.00. The van der Waals surface area contributed by atoms with Crippen LogP contribution < -0.4 is 5.32 Å². The molecular formula is C17H25ClN2O. The van der Waals surface area contributed by atoms with Crippen molar-refractivity contribution in [2.24, 2.45) is 11.8 Å². The number of nitrogens with zero attached hydrogens (tertiary/aromatic N) is 1. The molecule has 0 aliphatic carbocycles. The lowest BCUT2D eigenvalue weighted by Gasteiger charge is -2.34. The molecule has 1 saturated heterocycles. The minimum Gasteiger partial charge on any atom is -0.352 e. The van der Waals surface area contributed by atoms with Crippen molar-refractivity contribution >= 4 is 17.5 Å². The van der Waals surface area contributed by atoms with E-state index in [-0.39, 0.29) is 5.91 Å². The summed E-state index contributed by atoms with van der Waals surface area (Å²) in [6.45, 7) is 8.76. The number of benzene rings is 1. The number of hydrogen-bond donors (Lipinski definition) is 1. The summed E-state index contributed by atoms with van der Waals surface area (Å²) in [4.78, 5) is 14.5. The second kappa shape index (κ2) is 7.81. The molecule has 1 aromatic carbocycles. The van der Waals surface area contributed by atoms with Gasteiger partial charge in [-0.3, -0.25) is 4.79 Å². The van der Waals surface area contributed by atoms with Crippen LogP contribution in [0.2, 0.25) is 5.02 Å². The Morgan fingerprint density at radius 3 is 2.62 bits per heavy atom. The first-order valence-corrected chi connectivity index (χ1v) is 8.19. The third-order valence-corrected chi connectivity index (χ3v) is 4.33. The molecule has 1 N–H and O–H groups in total. The molecule has 21 heavy (non-hydrogen) atoms. The first-order valence-electron chi connectivity index (χ1n) is 7.81. The standard InChI is InChI=1S/C17H25ClN2O/c1-13-10-14(2)12-20(11-13)9-5-8-19-17(21)15-6-3-4-7-16(15)18/h3-4,6-7,13-14H,5,8-12H2,1-2H3,(H,19,21)/t13-,14+. The van der Waals surface area contributed by atoms with E-state index in [1.165, 1.54) is 19.5 Å². The summed E-state index contributed by atoms with van der Waals surface area (Å²) in [5, 5.41) is 3.46. The van der Waals surface area contributed by atoms with Gasteiger partial charge in [-0.1, -0.05) is 37.6 Å². The van der Waals surface area contributed by atoms with Crippen LogP contribution in [-0.4, -0.2) is 37.0 Å². The minimum absolute atomic E-state index is 0.0824. The molecule has 0 bridgehead atoms. The van der Waals surface area contributed by atoms with Crippen molar-refractivity contribution in [2.75, 3.05) is 26.2 Å². The molecule has 0 unspecified atom stereocenters. The molecule has 2 atom stereocenters. The molecule has 1 aliphatic rings. The number of halogens is 1. The summed E-state index contributed by atoms with van der Waals surface area (Å²) in [7, 11) is 0. The van der Waals surface area contributed by atoms with E-state index in [2.05, 4.69) is 24.1 Å². The number of amides is 1. The smallest absolute Gasteiger partial charge is 0.252 e. The number of carbonyl (C=O) groups excluding carboxylic acids is 1. The van der Waals surface area contributed by atoms with Gasteiger partial charge in [-0.25, -0.2) is 0 Å². The number of rotatable bonds is 5. The fourth-order valence-corrected chi connectivity index (χ4v) is 3.44. The van der Waals surface area contributed by atoms with E-state index in [1.807, 2.05) is 12.1 Å². The van der Waals surface area contributed by atoms with Crippen LogP contribution in [0.5, 0.6) is 0 Å². The van der Waals surface area contributed by atoms with Gasteiger partial charge in [0, 0.05) is 19.6 Å². The number of piperidine rings is 1. The first kappa shape index (κ1) is 16.3. The minimum atomic E-state index is -0.0824. The van der Waals surface area contributed by atoms with Gasteiger partial charge in [0.25, 0.3) is 5.91 Å². The van der Waals surface area contributed by atoms with Crippen LogP contribution in [-0.2, 0) is 0 Å². The van der Waals surface area contributed by atoms with Gasteiger partial charge >= 0.3 is 0 Å². The van der Waals surface area contributed by atoms with Gasteiger partial charge < -0.3 is 10.2 Å². The maximum Gasteiger partial charge on any atom is 0.252 e. The third kappa shape index (κ3) is 5.01. The summed E-state index contributed by atoms with van der Waals surface area (Å²) < 4.78 is 0. The van der Waals surface area contributed by atoms with E-state index in [0.29, 0.717) is 17.1 Å². The van der Waals surface area contributed by atoms with Crippen LogP contribution in [0, 0.1) is 11.8 Å². The van der Waals surface area contributed by atoms with E-state index >= 15 is 0 Å². The summed E-state index contributed by atoms with van der Waals surface area (Å²) in [6, 6.07) is 7.16. The van der Waals surface area contributed by atoms with Crippen LogP contribution in [0.25, 0.3) is 0 Å². The summed E-state index contributed by atoms with van der Waals surface area (Å²) in [5.41, 5.74) is 0.555. The molecule has 2 rings (SSSR count). The van der Waals surface area contributed by atoms with Gasteiger partial charge in [-0.05, 0) is 43.4 Å². The van der Waals surface area contributed by atoms with Crippen molar-refractivity contribution < 1.29 is 4.79 Å². The van der Waals surface area contributed by atoms with Crippen molar-refractivity contribution in [3.63, 3.8) is 0 Å². The SMILES string of the molecule is C[C@@H]1C[C@H](C)CN(CCCNC(=O)c2ccccc2Cl)C1. The van der Waals surface area contributed by atoms with Gasteiger partial charge in [0.2, 0.25) is 0 Å². The number of likely N-dealkylation sites (tertiary alicyclic amines) is 1. The van der Waals surface area contributed by atoms with Gasteiger partial charge in [-0.2, -0.15) is 0 Å². The molecule has 0 saturated carbocycles. The fraction of sp³-hybridized carbons (Fsp3) is 0.588. The highest BCUT2D eigenvalue weighted by Gasteiger charge is 2.21. The second-order valence-corrected chi connectivity index (χ2v) is 6.70. The quantitative estimate of drug-likeness (QED) is 0.845. The first-order chi connectivity index (χ1) is 10.1. The molecule has 1 aromatic rings. The molecule has 1 amide bonds. The Hall–Kier alpha value is -1.06. The van der Waals surface area contributed by atoms with Gasteiger partial charge in [0.15, 0.2) is 0 Å². The normalized spacial score (nSPS) is 23.0. The Morgan fingerprint density at radius 2 is 1.95 bits per heavy atom. The van der Waals surface area contributed by atoms with Gasteiger partial charge in [0.05, 0.1) is 10.6 Å². The van der Waals surface area contributed by atoms with Crippen LogP contribution in [0.3, 0.4) is 0 Å². The van der Waals surface area contributed by atoms with E-state index < -0.39 is 0 Å². The highest BCUT2D eigenvalue weighted by atomic mass is 35.5. The molecule has 4 heteroatoms. The molecule has 0 radical (unpaired) electrons. The molecule has 0 spiro atoms. The molecule has 1 aliphatic heterocycles. The Kier molecular flexibility index (Phi) is 6.07. The number of carbonyl (C=O) groups is 1. The van der Waals surface area contributed by atoms with Crippen molar-refractivity contribution in [1.29, 1.82) is 0 Å². The molecule has 3 nitrogen and oxygen atoms in total. The summed E-state index contributed by atoms with van der Waals surface area (Å²) in [5.74, 6) is 1.49. The Labute approximate surface area is 132 Å². The predicted octanol–water partition coefficient (Wildman–Crippen LogP) is 3.44. The lowest BCUT2D eigenvalue weighted by atomic mass is 9.92. The van der Waals surface area contributed by atoms with Crippen molar-refractivity contribution in [1.82, 2.24) is 10.2 Å². The largest absolute Gasteiger partial charge is 0.352 e. The van der Waals surface area contributed by atoms with Crippen LogP contribution >= 0.6 is 11.6 Å². The number of nitrogens with one attached hydrogen (secondary N) is 1. The Bertz CT molecular complexity index is 468. The Morgan fingerprint density at radius 1 is 1.29 bits per heavy atom. The van der Waals surface area contributed by atoms with Crippen molar-refractivity contribution in [3.8, 4) is 0 Å². The predicted molar refractivity (Wildman–Crippen MR) is 87.8 cm³/mol. The average molecular weight is 309 g/mol. The summed E-state index contributed by atoms with van der Waals surface area (Å²) >= 11 is 6.02. The lowest BCUT2D eigenvalue weighted by molar-refractivity contribution is 0.0947. The zero-order valence-corrected chi connectivity index (χ0v) is 13.7. The topological polar surface area (TPSA) is 32.3 Å². The number of hydrogen-bond acceptors (Lipinski definition) is 2. The van der Waals surface area contributed by atoms with Gasteiger partial charge in [0.1, 0.15) is 0 Å². The molecular weight excluding hydrogens is 284 g/mol. The molecule has 1 heterocycles. The Balaban J connectivity index is 1.70. The summed E-state index contributed by atoms with van der Waals surface area (Å²) in [6.07, 6.45) is 2.31. The fourth-order valence-electron chi connectivity index (χ4n) is 3.22. The average Bonchev–Trinajstić information content (AvgIpc) is 2.43. The van der Waals surface area contributed by atoms with Crippen molar-refractivity contribution in [2.45, 2.75) is 26.7 Å². The zero-order valence-electron chi connectivity index (χ0n) is 12.9. The maximum atomic E-state index is 12.0. The maximum absolute atomic E-state index is 12.0. The molecule has 1 fully saturated rings. The second-order valence-electron chi connectivity index (χ2n) is 6.29.